The molecule has 3 nitrogen and oxygen atoms in total. The molecule has 0 bridgehead atoms. The van der Waals surface area contributed by atoms with Crippen molar-refractivity contribution < 1.29 is 0 Å². The van der Waals surface area contributed by atoms with Crippen molar-refractivity contribution >= 4 is 11.4 Å². The Labute approximate surface area is 146 Å². The minimum Gasteiger partial charge on any atom is -0.378 e. The minimum atomic E-state index is 0.361. The summed E-state index contributed by atoms with van der Waals surface area (Å²) in [6.45, 7) is 2.38. The fourth-order valence-corrected chi connectivity index (χ4v) is 3.52. The predicted molar refractivity (Wildman–Crippen MR) is 104 cm³/mol. The van der Waals surface area contributed by atoms with Gasteiger partial charge in [-0.1, -0.05) is 24.3 Å². The van der Waals surface area contributed by atoms with Gasteiger partial charge in [0.1, 0.15) is 0 Å². The monoisotopic (exact) mass is 323 g/mol. The third-order valence-corrected chi connectivity index (χ3v) is 4.96. The maximum atomic E-state index is 2.62. The van der Waals surface area contributed by atoms with Crippen LogP contribution in [0.25, 0.3) is 0 Å². The molecule has 0 aliphatic carbocycles. The van der Waals surface area contributed by atoms with Crippen molar-refractivity contribution in [1.82, 2.24) is 4.90 Å². The van der Waals surface area contributed by atoms with Crippen molar-refractivity contribution in [3.63, 3.8) is 0 Å². The van der Waals surface area contributed by atoms with Crippen LogP contribution in [-0.2, 0) is 0 Å². The van der Waals surface area contributed by atoms with Gasteiger partial charge in [-0.15, -0.1) is 0 Å². The Balaban J connectivity index is 1.93. The second-order valence-corrected chi connectivity index (χ2v) is 7.12. The number of likely N-dealkylation sites (tertiary alicyclic amines) is 1. The second kappa shape index (κ2) is 7.27. The van der Waals surface area contributed by atoms with Gasteiger partial charge in [-0.25, -0.2) is 0 Å². The Bertz CT molecular complexity index is 586. The fourth-order valence-electron chi connectivity index (χ4n) is 3.52. The summed E-state index contributed by atoms with van der Waals surface area (Å²) in [4.78, 5) is 6.93. The smallest absolute Gasteiger partial charge is 0.0601 e. The second-order valence-electron chi connectivity index (χ2n) is 7.12. The van der Waals surface area contributed by atoms with Gasteiger partial charge in [0, 0.05) is 39.6 Å². The summed E-state index contributed by atoms with van der Waals surface area (Å²) in [6.07, 6.45) is 2.62. The lowest BCUT2D eigenvalue weighted by molar-refractivity contribution is 0.281. The summed E-state index contributed by atoms with van der Waals surface area (Å²) in [5, 5.41) is 0. The van der Waals surface area contributed by atoms with Gasteiger partial charge in [-0.3, -0.25) is 4.90 Å². The quantitative estimate of drug-likeness (QED) is 0.823. The highest BCUT2D eigenvalue weighted by molar-refractivity contribution is 5.50. The van der Waals surface area contributed by atoms with E-state index in [1.807, 2.05) is 0 Å². The normalized spacial score (nSPS) is 15.0. The molecule has 0 amide bonds. The van der Waals surface area contributed by atoms with Crippen molar-refractivity contribution in [2.45, 2.75) is 18.9 Å². The topological polar surface area (TPSA) is 9.72 Å². The van der Waals surface area contributed by atoms with E-state index >= 15 is 0 Å². The predicted octanol–water partition coefficient (Wildman–Crippen LogP) is 4.00. The molecule has 2 aromatic rings. The molecule has 3 heteroatoms. The van der Waals surface area contributed by atoms with Crippen LogP contribution in [-0.4, -0.2) is 46.2 Å². The molecule has 0 N–H and O–H groups in total. The van der Waals surface area contributed by atoms with Crippen molar-refractivity contribution in [1.29, 1.82) is 0 Å². The summed E-state index contributed by atoms with van der Waals surface area (Å²) in [6, 6.07) is 18.4. The van der Waals surface area contributed by atoms with Crippen LogP contribution >= 0.6 is 0 Å². The van der Waals surface area contributed by atoms with Crippen LogP contribution in [0.1, 0.15) is 30.0 Å². The van der Waals surface area contributed by atoms with Crippen LogP contribution < -0.4 is 9.80 Å². The van der Waals surface area contributed by atoms with Crippen LogP contribution in [0, 0.1) is 0 Å². The van der Waals surface area contributed by atoms with Crippen LogP contribution in [0.2, 0.25) is 0 Å². The van der Waals surface area contributed by atoms with Gasteiger partial charge in [-0.2, -0.15) is 0 Å². The average molecular weight is 323 g/mol. The largest absolute Gasteiger partial charge is 0.378 e. The van der Waals surface area contributed by atoms with Crippen LogP contribution in [0.3, 0.4) is 0 Å². The van der Waals surface area contributed by atoms with Crippen LogP contribution in [0.15, 0.2) is 48.5 Å². The number of benzene rings is 2. The summed E-state index contributed by atoms with van der Waals surface area (Å²) in [7, 11) is 8.36. The van der Waals surface area contributed by atoms with E-state index in [1.165, 1.54) is 48.4 Å². The van der Waals surface area contributed by atoms with Crippen molar-refractivity contribution in [3.05, 3.63) is 59.7 Å². The summed E-state index contributed by atoms with van der Waals surface area (Å²) >= 11 is 0. The molecule has 24 heavy (non-hydrogen) atoms. The minimum absolute atomic E-state index is 0.361. The van der Waals surface area contributed by atoms with Crippen LogP contribution in [0.4, 0.5) is 11.4 Å². The molecular weight excluding hydrogens is 294 g/mol. The molecule has 0 atom stereocenters. The lowest BCUT2D eigenvalue weighted by Crippen LogP contribution is -2.26. The van der Waals surface area contributed by atoms with E-state index in [-0.39, 0.29) is 0 Å². The lowest BCUT2D eigenvalue weighted by atomic mass is 9.96. The highest BCUT2D eigenvalue weighted by Gasteiger charge is 2.25. The Morgan fingerprint density at radius 1 is 0.667 bits per heavy atom. The highest BCUT2D eigenvalue weighted by Crippen LogP contribution is 2.33. The van der Waals surface area contributed by atoms with Gasteiger partial charge in [-0.05, 0) is 61.3 Å². The molecule has 1 saturated heterocycles. The third-order valence-electron chi connectivity index (χ3n) is 4.96. The van der Waals surface area contributed by atoms with E-state index in [2.05, 4.69) is 91.4 Å². The van der Waals surface area contributed by atoms with E-state index in [0.29, 0.717) is 6.04 Å². The standard InChI is InChI=1S/C21H29N3/c1-22(2)19-11-7-17(8-12-19)21(24-15-5-6-16-24)18-9-13-20(14-10-18)23(3)4/h7-14,21H,5-6,15-16H2,1-4H3. The Kier molecular flexibility index (Phi) is 5.10. The van der Waals surface area contributed by atoms with Crippen molar-refractivity contribution in [2.75, 3.05) is 51.1 Å². The van der Waals surface area contributed by atoms with E-state index in [0.717, 1.165) is 0 Å². The molecule has 1 aliphatic rings. The van der Waals surface area contributed by atoms with Crippen molar-refractivity contribution in [3.8, 4) is 0 Å². The molecule has 128 valence electrons. The first-order valence-electron chi connectivity index (χ1n) is 8.85. The molecule has 0 radical (unpaired) electrons. The molecule has 0 spiro atoms. The first kappa shape index (κ1) is 16.8. The molecule has 3 rings (SSSR count). The van der Waals surface area contributed by atoms with Crippen molar-refractivity contribution in [2.24, 2.45) is 0 Å². The maximum Gasteiger partial charge on any atom is 0.0601 e. The number of hydrogen-bond acceptors (Lipinski definition) is 3. The van der Waals surface area contributed by atoms with E-state index in [4.69, 9.17) is 0 Å². The molecule has 0 saturated carbocycles. The highest BCUT2D eigenvalue weighted by atomic mass is 15.2. The Hall–Kier alpha value is -2.00. The van der Waals surface area contributed by atoms with Gasteiger partial charge >= 0.3 is 0 Å². The fraction of sp³-hybridized carbons (Fsp3) is 0.429. The van der Waals surface area contributed by atoms with E-state index < -0.39 is 0 Å². The summed E-state index contributed by atoms with van der Waals surface area (Å²) < 4.78 is 0. The summed E-state index contributed by atoms with van der Waals surface area (Å²) in [5.74, 6) is 0. The molecule has 0 aromatic heterocycles. The third kappa shape index (κ3) is 3.57. The zero-order valence-electron chi connectivity index (χ0n) is 15.4. The van der Waals surface area contributed by atoms with Gasteiger partial charge in [0.25, 0.3) is 0 Å². The molecule has 2 aromatic carbocycles. The molecule has 1 aliphatic heterocycles. The zero-order valence-corrected chi connectivity index (χ0v) is 15.4. The van der Waals surface area contributed by atoms with Gasteiger partial charge < -0.3 is 9.80 Å². The Morgan fingerprint density at radius 3 is 1.38 bits per heavy atom. The van der Waals surface area contributed by atoms with E-state index in [9.17, 15) is 0 Å². The SMILES string of the molecule is CN(C)c1ccc(C(c2ccc(N(C)C)cc2)N2CCCC2)cc1. The number of nitrogens with zero attached hydrogens (tertiary/aromatic N) is 3. The summed E-state index contributed by atoms with van der Waals surface area (Å²) in [5.41, 5.74) is 5.28. The van der Waals surface area contributed by atoms with Gasteiger partial charge in [0.2, 0.25) is 0 Å². The first-order chi connectivity index (χ1) is 11.6. The zero-order chi connectivity index (χ0) is 17.1. The maximum absolute atomic E-state index is 2.62. The van der Waals surface area contributed by atoms with Gasteiger partial charge in [0.05, 0.1) is 6.04 Å². The molecular formula is C21H29N3. The lowest BCUT2D eigenvalue weighted by Gasteiger charge is -2.29. The number of hydrogen-bond donors (Lipinski definition) is 0. The molecule has 0 unspecified atom stereocenters. The molecule has 1 heterocycles. The Morgan fingerprint density at radius 2 is 1.04 bits per heavy atom. The average Bonchev–Trinajstić information content (AvgIpc) is 3.10. The number of rotatable bonds is 5. The van der Waals surface area contributed by atoms with Gasteiger partial charge in [0.15, 0.2) is 0 Å². The molecule has 1 fully saturated rings. The van der Waals surface area contributed by atoms with Crippen LogP contribution in [0.5, 0.6) is 0 Å². The first-order valence-corrected chi connectivity index (χ1v) is 8.85. The number of anilines is 2. The van der Waals surface area contributed by atoms with E-state index in [1.54, 1.807) is 0 Å².